The first-order valence-corrected chi connectivity index (χ1v) is 10.1. The molecule has 1 aromatic heterocycles. The summed E-state index contributed by atoms with van der Waals surface area (Å²) in [5.41, 5.74) is 3.65. The number of aryl methyl sites for hydroxylation is 1. The molecule has 0 spiro atoms. The number of hydrogen-bond donors (Lipinski definition) is 2. The second kappa shape index (κ2) is 9.01. The van der Waals surface area contributed by atoms with Gasteiger partial charge in [0.25, 0.3) is 11.5 Å². The van der Waals surface area contributed by atoms with Gasteiger partial charge in [0.05, 0.1) is 16.6 Å². The van der Waals surface area contributed by atoms with Crippen LogP contribution in [0.5, 0.6) is 0 Å². The van der Waals surface area contributed by atoms with Crippen molar-refractivity contribution in [3.05, 3.63) is 69.8 Å². The number of nitrogens with one attached hydrogen (secondary N) is 2. The van der Waals surface area contributed by atoms with Gasteiger partial charge in [-0.25, -0.2) is 4.98 Å². The van der Waals surface area contributed by atoms with Gasteiger partial charge in [-0.3, -0.25) is 14.2 Å². The van der Waals surface area contributed by atoms with Gasteiger partial charge in [-0.1, -0.05) is 19.1 Å². The van der Waals surface area contributed by atoms with Crippen LogP contribution in [0.1, 0.15) is 48.7 Å². The Morgan fingerprint density at radius 2 is 1.97 bits per heavy atom. The summed E-state index contributed by atoms with van der Waals surface area (Å²) in [5.74, 6) is -0.158. The summed E-state index contributed by atoms with van der Waals surface area (Å²) in [6.07, 6.45) is 2.58. The molecule has 1 amide bonds. The molecule has 0 saturated carbocycles. The number of aromatic nitrogens is 2. The number of nitrogens with zero attached hydrogens (tertiary/aromatic N) is 2. The van der Waals surface area contributed by atoms with E-state index in [0.29, 0.717) is 41.3 Å². The Bertz CT molecular complexity index is 1090. The van der Waals surface area contributed by atoms with Crippen LogP contribution < -0.4 is 16.2 Å². The molecule has 1 heterocycles. The Morgan fingerprint density at radius 1 is 1.17 bits per heavy atom. The Morgan fingerprint density at radius 3 is 2.69 bits per heavy atom. The van der Waals surface area contributed by atoms with Gasteiger partial charge in [0.2, 0.25) is 0 Å². The van der Waals surface area contributed by atoms with Crippen LogP contribution in [-0.2, 0) is 6.54 Å². The van der Waals surface area contributed by atoms with Crippen LogP contribution in [-0.4, -0.2) is 28.0 Å². The minimum absolute atomic E-state index is 0.142. The number of amides is 1. The van der Waals surface area contributed by atoms with Crippen molar-refractivity contribution in [3.8, 4) is 5.69 Å². The van der Waals surface area contributed by atoms with Crippen LogP contribution in [0.15, 0.2) is 47.5 Å². The highest BCUT2D eigenvalue weighted by Gasteiger charge is 2.12. The highest BCUT2D eigenvalue weighted by Crippen LogP contribution is 2.17. The molecule has 2 aromatic carbocycles. The second-order valence-corrected chi connectivity index (χ2v) is 7.32. The van der Waals surface area contributed by atoms with Crippen molar-refractivity contribution in [1.29, 1.82) is 0 Å². The predicted octanol–water partition coefficient (Wildman–Crippen LogP) is 3.33. The quantitative estimate of drug-likeness (QED) is 0.647. The molecule has 0 aliphatic carbocycles. The summed E-state index contributed by atoms with van der Waals surface area (Å²) >= 11 is 0. The van der Waals surface area contributed by atoms with E-state index < -0.39 is 0 Å². The lowest BCUT2D eigenvalue weighted by molar-refractivity contribution is 0.0956. The molecule has 1 unspecified atom stereocenters. The van der Waals surface area contributed by atoms with Gasteiger partial charge in [-0.2, -0.15) is 0 Å². The lowest BCUT2D eigenvalue weighted by atomic mass is 10.1. The number of carbonyl (C=O) groups excluding carboxylic acids is 1. The molecule has 0 aliphatic rings. The van der Waals surface area contributed by atoms with Crippen LogP contribution in [0.2, 0.25) is 0 Å². The van der Waals surface area contributed by atoms with E-state index in [2.05, 4.69) is 29.5 Å². The molecule has 3 rings (SSSR count). The van der Waals surface area contributed by atoms with E-state index in [1.165, 1.54) is 10.9 Å². The van der Waals surface area contributed by atoms with Crippen molar-refractivity contribution in [2.24, 2.45) is 0 Å². The van der Waals surface area contributed by atoms with Gasteiger partial charge in [-0.05, 0) is 62.6 Å². The average molecular weight is 393 g/mol. The maximum absolute atomic E-state index is 13.2. The van der Waals surface area contributed by atoms with Crippen molar-refractivity contribution in [1.82, 2.24) is 20.2 Å². The lowest BCUT2D eigenvalue weighted by Crippen LogP contribution is -2.25. The van der Waals surface area contributed by atoms with Crippen molar-refractivity contribution in [3.63, 3.8) is 0 Å². The highest BCUT2D eigenvalue weighted by molar-refractivity contribution is 5.94. The zero-order valence-corrected chi connectivity index (χ0v) is 17.5. The van der Waals surface area contributed by atoms with Crippen LogP contribution in [0.3, 0.4) is 0 Å². The van der Waals surface area contributed by atoms with Crippen molar-refractivity contribution >= 4 is 16.8 Å². The van der Waals surface area contributed by atoms with Gasteiger partial charge in [0.1, 0.15) is 6.33 Å². The minimum atomic E-state index is -0.158. The molecular weight excluding hydrogens is 364 g/mol. The Hall–Kier alpha value is -2.99. The minimum Gasteiger partial charge on any atom is -0.352 e. The molecule has 152 valence electrons. The largest absolute Gasteiger partial charge is 0.352 e. The molecular formula is C23H28N4O2. The standard InChI is InChI=1S/C23H28N4O2/c1-5-16(4)25-13-17-8-10-20-19(11-17)23(29)27(14-26-20)21-12-18(9-7-15(21)3)22(28)24-6-2/h7-12,14,16,25H,5-6,13H2,1-4H3,(H,24,28). The summed E-state index contributed by atoms with van der Waals surface area (Å²) in [5, 5.41) is 6.81. The first-order valence-electron chi connectivity index (χ1n) is 10.1. The van der Waals surface area contributed by atoms with E-state index >= 15 is 0 Å². The fraction of sp³-hybridized carbons (Fsp3) is 0.348. The molecule has 0 saturated heterocycles. The highest BCUT2D eigenvalue weighted by atomic mass is 16.1. The average Bonchev–Trinajstić information content (AvgIpc) is 2.73. The third kappa shape index (κ3) is 4.54. The summed E-state index contributed by atoms with van der Waals surface area (Å²) in [4.78, 5) is 29.9. The molecule has 29 heavy (non-hydrogen) atoms. The van der Waals surface area contributed by atoms with Crippen LogP contribution in [0.4, 0.5) is 0 Å². The van der Waals surface area contributed by atoms with Gasteiger partial charge < -0.3 is 10.6 Å². The predicted molar refractivity (Wildman–Crippen MR) is 117 cm³/mol. The van der Waals surface area contributed by atoms with Crippen molar-refractivity contribution in [2.45, 2.75) is 46.7 Å². The molecule has 0 fully saturated rings. The Labute approximate surface area is 171 Å². The van der Waals surface area contributed by atoms with E-state index in [1.54, 1.807) is 12.1 Å². The summed E-state index contributed by atoms with van der Waals surface area (Å²) in [6.45, 7) is 9.31. The van der Waals surface area contributed by atoms with E-state index in [0.717, 1.165) is 17.5 Å². The first kappa shape index (κ1) is 20.7. The summed E-state index contributed by atoms with van der Waals surface area (Å²) < 4.78 is 1.52. The first-order chi connectivity index (χ1) is 13.9. The second-order valence-electron chi connectivity index (χ2n) is 7.32. The number of carbonyl (C=O) groups is 1. The molecule has 6 nitrogen and oxygen atoms in total. The van der Waals surface area contributed by atoms with Crippen LogP contribution >= 0.6 is 0 Å². The van der Waals surface area contributed by atoms with E-state index in [-0.39, 0.29) is 11.5 Å². The monoisotopic (exact) mass is 392 g/mol. The summed E-state index contributed by atoms with van der Waals surface area (Å²) in [7, 11) is 0. The fourth-order valence-electron chi connectivity index (χ4n) is 3.16. The summed E-state index contributed by atoms with van der Waals surface area (Å²) in [6, 6.07) is 11.5. The molecule has 0 aliphatic heterocycles. The normalized spacial score (nSPS) is 12.1. The van der Waals surface area contributed by atoms with Crippen molar-refractivity contribution in [2.75, 3.05) is 6.54 Å². The van der Waals surface area contributed by atoms with Gasteiger partial charge in [0, 0.05) is 24.7 Å². The third-order valence-electron chi connectivity index (χ3n) is 5.16. The Balaban J connectivity index is 2.04. The van der Waals surface area contributed by atoms with Crippen LogP contribution in [0.25, 0.3) is 16.6 Å². The molecule has 1 atom stereocenters. The van der Waals surface area contributed by atoms with E-state index in [4.69, 9.17) is 0 Å². The molecule has 0 radical (unpaired) electrons. The van der Waals surface area contributed by atoms with Gasteiger partial charge >= 0.3 is 0 Å². The lowest BCUT2D eigenvalue weighted by Gasteiger charge is -2.13. The zero-order valence-electron chi connectivity index (χ0n) is 17.5. The molecule has 2 N–H and O–H groups in total. The van der Waals surface area contributed by atoms with Crippen molar-refractivity contribution < 1.29 is 4.79 Å². The van der Waals surface area contributed by atoms with Gasteiger partial charge in [0.15, 0.2) is 0 Å². The zero-order chi connectivity index (χ0) is 21.0. The van der Waals surface area contributed by atoms with Crippen LogP contribution in [0, 0.1) is 6.92 Å². The van der Waals surface area contributed by atoms with E-state index in [1.807, 2.05) is 38.1 Å². The number of benzene rings is 2. The topological polar surface area (TPSA) is 76.0 Å². The number of fused-ring (bicyclic) bond motifs is 1. The SMILES string of the molecule is CCNC(=O)c1ccc(C)c(-n2cnc3ccc(CNC(C)CC)cc3c2=O)c1. The molecule has 6 heteroatoms. The number of hydrogen-bond acceptors (Lipinski definition) is 4. The Kier molecular flexibility index (Phi) is 6.44. The third-order valence-corrected chi connectivity index (χ3v) is 5.16. The number of rotatable bonds is 7. The molecule has 0 bridgehead atoms. The molecule has 3 aromatic rings. The van der Waals surface area contributed by atoms with E-state index in [9.17, 15) is 9.59 Å². The van der Waals surface area contributed by atoms with Gasteiger partial charge in [-0.15, -0.1) is 0 Å². The fourth-order valence-corrected chi connectivity index (χ4v) is 3.16. The smallest absolute Gasteiger partial charge is 0.265 e. The maximum Gasteiger partial charge on any atom is 0.265 e. The maximum atomic E-state index is 13.2.